The molecule has 1 aliphatic rings. The van der Waals surface area contributed by atoms with Crippen molar-refractivity contribution in [2.75, 3.05) is 6.54 Å². The first-order chi connectivity index (χ1) is 8.18. The van der Waals surface area contributed by atoms with Crippen LogP contribution in [0.25, 0.3) is 0 Å². The van der Waals surface area contributed by atoms with E-state index in [1.807, 2.05) is 0 Å². The van der Waals surface area contributed by atoms with Crippen LogP contribution >= 0.6 is 0 Å². The van der Waals surface area contributed by atoms with Crippen molar-refractivity contribution in [2.45, 2.75) is 65.5 Å². The Labute approximate surface area is 105 Å². The van der Waals surface area contributed by atoms with E-state index in [9.17, 15) is 0 Å². The summed E-state index contributed by atoms with van der Waals surface area (Å²) >= 11 is 0. The summed E-state index contributed by atoms with van der Waals surface area (Å²) in [6.45, 7) is 8.45. The molecular formula is C14H25N3. The maximum Gasteiger partial charge on any atom is 0.0625 e. The van der Waals surface area contributed by atoms with Crippen LogP contribution in [0.15, 0.2) is 0 Å². The van der Waals surface area contributed by atoms with Gasteiger partial charge in [-0.2, -0.15) is 5.10 Å². The summed E-state index contributed by atoms with van der Waals surface area (Å²) in [4.78, 5) is 0. The van der Waals surface area contributed by atoms with Crippen LogP contribution in [0.3, 0.4) is 0 Å². The molecule has 0 spiro atoms. The molecule has 0 bridgehead atoms. The van der Waals surface area contributed by atoms with Gasteiger partial charge in [0.2, 0.25) is 0 Å². The van der Waals surface area contributed by atoms with Crippen LogP contribution in [-0.2, 0) is 6.54 Å². The van der Waals surface area contributed by atoms with Crippen LogP contribution in [-0.4, -0.2) is 22.4 Å². The Kier molecular flexibility index (Phi) is 4.21. The Hall–Kier alpha value is -0.830. The van der Waals surface area contributed by atoms with Gasteiger partial charge in [0.25, 0.3) is 0 Å². The predicted molar refractivity (Wildman–Crippen MR) is 71.3 cm³/mol. The summed E-state index contributed by atoms with van der Waals surface area (Å²) in [5.41, 5.74) is 3.82. The first-order valence-electron chi connectivity index (χ1n) is 6.92. The number of aromatic nitrogens is 2. The third kappa shape index (κ3) is 3.09. The average molecular weight is 235 g/mol. The summed E-state index contributed by atoms with van der Waals surface area (Å²) in [7, 11) is 0. The van der Waals surface area contributed by atoms with Gasteiger partial charge in [0.1, 0.15) is 0 Å². The molecule has 3 nitrogen and oxygen atoms in total. The summed E-state index contributed by atoms with van der Waals surface area (Å²) in [6.07, 6.45) is 6.94. The lowest BCUT2D eigenvalue weighted by atomic mass is 9.95. The van der Waals surface area contributed by atoms with Gasteiger partial charge in [-0.05, 0) is 39.2 Å². The standard InChI is InChI=1S/C14H25N3/c1-11-12(2)16-17(13(11)3)10-9-15-14-7-5-4-6-8-14/h14-15H,4-10H2,1-3H3. The maximum atomic E-state index is 4.57. The van der Waals surface area contributed by atoms with Crippen molar-refractivity contribution >= 4 is 0 Å². The highest BCUT2D eigenvalue weighted by Gasteiger charge is 2.12. The fourth-order valence-corrected chi connectivity index (χ4v) is 2.69. The number of hydrogen-bond donors (Lipinski definition) is 1. The fraction of sp³-hybridized carbons (Fsp3) is 0.786. The van der Waals surface area contributed by atoms with E-state index in [1.165, 1.54) is 49.1 Å². The molecular weight excluding hydrogens is 210 g/mol. The van der Waals surface area contributed by atoms with Crippen molar-refractivity contribution in [1.82, 2.24) is 15.1 Å². The molecule has 1 aliphatic carbocycles. The monoisotopic (exact) mass is 235 g/mol. The first-order valence-corrected chi connectivity index (χ1v) is 6.92. The zero-order chi connectivity index (χ0) is 12.3. The van der Waals surface area contributed by atoms with Crippen LogP contribution in [0.4, 0.5) is 0 Å². The highest BCUT2D eigenvalue weighted by molar-refractivity contribution is 5.22. The van der Waals surface area contributed by atoms with Gasteiger partial charge < -0.3 is 5.32 Å². The van der Waals surface area contributed by atoms with Gasteiger partial charge >= 0.3 is 0 Å². The molecule has 1 N–H and O–H groups in total. The summed E-state index contributed by atoms with van der Waals surface area (Å²) in [6, 6.07) is 0.752. The molecule has 2 rings (SSSR count). The van der Waals surface area contributed by atoms with Gasteiger partial charge in [-0.25, -0.2) is 0 Å². The Morgan fingerprint density at radius 1 is 1.18 bits per heavy atom. The number of nitrogens with zero attached hydrogens (tertiary/aromatic N) is 2. The molecule has 1 saturated carbocycles. The van der Waals surface area contributed by atoms with Crippen LogP contribution < -0.4 is 5.32 Å². The third-order valence-corrected chi connectivity index (χ3v) is 4.11. The maximum absolute atomic E-state index is 4.57. The summed E-state index contributed by atoms with van der Waals surface area (Å²) in [5, 5.41) is 8.23. The summed E-state index contributed by atoms with van der Waals surface area (Å²) in [5.74, 6) is 0. The molecule has 0 radical (unpaired) electrons. The lowest BCUT2D eigenvalue weighted by Crippen LogP contribution is -2.33. The Morgan fingerprint density at radius 3 is 2.47 bits per heavy atom. The Morgan fingerprint density at radius 2 is 1.88 bits per heavy atom. The smallest absolute Gasteiger partial charge is 0.0625 e. The van der Waals surface area contributed by atoms with Gasteiger partial charge in [-0.3, -0.25) is 4.68 Å². The lowest BCUT2D eigenvalue weighted by Gasteiger charge is -2.22. The van der Waals surface area contributed by atoms with E-state index in [0.29, 0.717) is 0 Å². The van der Waals surface area contributed by atoms with Gasteiger partial charge in [-0.15, -0.1) is 0 Å². The molecule has 0 atom stereocenters. The van der Waals surface area contributed by atoms with Gasteiger partial charge in [0.15, 0.2) is 0 Å². The average Bonchev–Trinajstić information content (AvgIpc) is 2.59. The highest BCUT2D eigenvalue weighted by atomic mass is 15.3. The second kappa shape index (κ2) is 5.67. The number of nitrogens with one attached hydrogen (secondary N) is 1. The van der Waals surface area contributed by atoms with Crippen molar-refractivity contribution in [3.05, 3.63) is 17.0 Å². The second-order valence-electron chi connectivity index (χ2n) is 5.31. The zero-order valence-corrected chi connectivity index (χ0v) is 11.4. The van der Waals surface area contributed by atoms with Crippen molar-refractivity contribution < 1.29 is 0 Å². The molecule has 1 heterocycles. The molecule has 0 unspecified atom stereocenters. The molecule has 0 aromatic carbocycles. The van der Waals surface area contributed by atoms with E-state index in [2.05, 4.69) is 35.9 Å². The van der Waals surface area contributed by atoms with E-state index < -0.39 is 0 Å². The first kappa shape index (κ1) is 12.6. The topological polar surface area (TPSA) is 29.9 Å². The number of rotatable bonds is 4. The molecule has 0 aliphatic heterocycles. The largest absolute Gasteiger partial charge is 0.312 e. The van der Waals surface area contributed by atoms with Crippen molar-refractivity contribution in [3.63, 3.8) is 0 Å². The molecule has 17 heavy (non-hydrogen) atoms. The van der Waals surface area contributed by atoms with Crippen LogP contribution in [0, 0.1) is 20.8 Å². The third-order valence-electron chi connectivity index (χ3n) is 4.11. The minimum atomic E-state index is 0.752. The molecule has 3 heteroatoms. The van der Waals surface area contributed by atoms with E-state index in [4.69, 9.17) is 0 Å². The SMILES string of the molecule is Cc1nn(CCNC2CCCCC2)c(C)c1C. The number of aryl methyl sites for hydroxylation is 1. The van der Waals surface area contributed by atoms with Gasteiger partial charge in [0.05, 0.1) is 12.2 Å². The molecule has 1 aromatic heterocycles. The highest BCUT2D eigenvalue weighted by Crippen LogP contribution is 2.17. The molecule has 0 saturated heterocycles. The molecule has 0 amide bonds. The normalized spacial score (nSPS) is 17.6. The van der Waals surface area contributed by atoms with Crippen molar-refractivity contribution in [1.29, 1.82) is 0 Å². The van der Waals surface area contributed by atoms with Gasteiger partial charge in [-0.1, -0.05) is 19.3 Å². The van der Waals surface area contributed by atoms with E-state index in [1.54, 1.807) is 0 Å². The summed E-state index contributed by atoms with van der Waals surface area (Å²) < 4.78 is 2.14. The van der Waals surface area contributed by atoms with Crippen LogP contribution in [0.5, 0.6) is 0 Å². The van der Waals surface area contributed by atoms with E-state index >= 15 is 0 Å². The molecule has 96 valence electrons. The Balaban J connectivity index is 1.79. The number of hydrogen-bond acceptors (Lipinski definition) is 2. The van der Waals surface area contributed by atoms with Gasteiger partial charge in [0, 0.05) is 18.3 Å². The predicted octanol–water partition coefficient (Wildman–Crippen LogP) is 2.73. The Bertz CT molecular complexity index is 362. The van der Waals surface area contributed by atoms with E-state index in [0.717, 1.165) is 19.1 Å². The molecule has 1 aromatic rings. The van der Waals surface area contributed by atoms with Crippen LogP contribution in [0.2, 0.25) is 0 Å². The van der Waals surface area contributed by atoms with E-state index in [-0.39, 0.29) is 0 Å². The fourth-order valence-electron chi connectivity index (χ4n) is 2.69. The van der Waals surface area contributed by atoms with Crippen LogP contribution in [0.1, 0.15) is 49.1 Å². The van der Waals surface area contributed by atoms with Crippen molar-refractivity contribution in [2.24, 2.45) is 0 Å². The zero-order valence-electron chi connectivity index (χ0n) is 11.4. The molecule has 1 fully saturated rings. The minimum absolute atomic E-state index is 0.752. The lowest BCUT2D eigenvalue weighted by molar-refractivity contribution is 0.364. The van der Waals surface area contributed by atoms with Crippen molar-refractivity contribution in [3.8, 4) is 0 Å². The quantitative estimate of drug-likeness (QED) is 0.869. The second-order valence-corrected chi connectivity index (χ2v) is 5.31. The minimum Gasteiger partial charge on any atom is -0.312 e.